The van der Waals surface area contributed by atoms with Gasteiger partial charge in [-0.1, -0.05) is 26.0 Å². The molecule has 3 heterocycles. The van der Waals surface area contributed by atoms with Crippen molar-refractivity contribution in [1.29, 1.82) is 0 Å². The number of amides is 1. The number of hydrogen-bond donors (Lipinski definition) is 1. The summed E-state index contributed by atoms with van der Waals surface area (Å²) >= 11 is 1.72. The van der Waals surface area contributed by atoms with Crippen LogP contribution in [0, 0.1) is 0 Å². The smallest absolute Gasteiger partial charge is 0.410 e. The number of imidazole rings is 1. The van der Waals surface area contributed by atoms with Gasteiger partial charge in [-0.25, -0.2) is 14.8 Å². The number of rotatable bonds is 3. The van der Waals surface area contributed by atoms with Crippen molar-refractivity contribution < 1.29 is 9.53 Å². The topological polar surface area (TPSA) is 74.4 Å². The number of fused-ring (bicyclic) bond motifs is 1. The van der Waals surface area contributed by atoms with Crippen molar-refractivity contribution in [3.63, 3.8) is 0 Å². The summed E-state index contributed by atoms with van der Waals surface area (Å²) in [7, 11) is 0. The van der Waals surface area contributed by atoms with E-state index in [9.17, 15) is 4.79 Å². The molecular formula is C23H31N5O2S. The Hall–Kier alpha value is -2.61. The maximum absolute atomic E-state index is 12.6. The van der Waals surface area contributed by atoms with Gasteiger partial charge in [0.1, 0.15) is 16.3 Å². The molecule has 0 bridgehead atoms. The van der Waals surface area contributed by atoms with Crippen molar-refractivity contribution in [2.45, 2.75) is 59.1 Å². The van der Waals surface area contributed by atoms with Gasteiger partial charge < -0.3 is 19.5 Å². The number of benzene rings is 1. The van der Waals surface area contributed by atoms with Gasteiger partial charge in [0.05, 0.1) is 16.0 Å². The molecule has 0 aliphatic carbocycles. The zero-order valence-electron chi connectivity index (χ0n) is 19.1. The minimum Gasteiger partial charge on any atom is -0.444 e. The third kappa shape index (κ3) is 4.54. The summed E-state index contributed by atoms with van der Waals surface area (Å²) in [4.78, 5) is 29.9. The molecule has 1 saturated heterocycles. The molecule has 4 rings (SSSR count). The largest absolute Gasteiger partial charge is 0.444 e. The van der Waals surface area contributed by atoms with Crippen molar-refractivity contribution in [3.8, 4) is 11.5 Å². The van der Waals surface area contributed by atoms with E-state index < -0.39 is 5.60 Å². The number of carbonyl (C=O) groups is 1. The minimum atomic E-state index is -0.494. The first kappa shape index (κ1) is 21.6. The molecule has 1 aromatic carbocycles. The molecule has 0 unspecified atom stereocenters. The molecule has 1 N–H and O–H groups in total. The number of nitrogens with zero attached hydrogens (tertiary/aromatic N) is 4. The average Bonchev–Trinajstić information content (AvgIpc) is 3.30. The van der Waals surface area contributed by atoms with E-state index in [4.69, 9.17) is 14.7 Å². The third-order valence-electron chi connectivity index (χ3n) is 5.28. The number of anilines is 1. The Bertz CT molecular complexity index is 1050. The highest BCUT2D eigenvalue weighted by molar-refractivity contribution is 7.16. The van der Waals surface area contributed by atoms with Crippen LogP contribution in [0.3, 0.4) is 0 Å². The molecule has 2 aromatic heterocycles. The number of aromatic nitrogens is 3. The van der Waals surface area contributed by atoms with Gasteiger partial charge in [-0.05, 0) is 39.8 Å². The van der Waals surface area contributed by atoms with Gasteiger partial charge >= 0.3 is 6.09 Å². The van der Waals surface area contributed by atoms with Crippen molar-refractivity contribution in [1.82, 2.24) is 19.9 Å². The van der Waals surface area contributed by atoms with E-state index in [0.29, 0.717) is 12.5 Å². The van der Waals surface area contributed by atoms with Crippen molar-refractivity contribution in [3.05, 3.63) is 29.3 Å². The number of carbonyl (C=O) groups excluding carboxylic acids is 1. The van der Waals surface area contributed by atoms with Crippen LogP contribution in [0.1, 0.15) is 52.5 Å². The lowest BCUT2D eigenvalue weighted by Gasteiger charge is -2.40. The molecule has 8 heteroatoms. The number of aromatic amines is 1. The average molecular weight is 442 g/mol. The van der Waals surface area contributed by atoms with Gasteiger partial charge in [0.2, 0.25) is 0 Å². The lowest BCUT2D eigenvalue weighted by Crippen LogP contribution is -2.55. The fourth-order valence-corrected chi connectivity index (χ4v) is 4.85. The van der Waals surface area contributed by atoms with Crippen LogP contribution in [0.25, 0.3) is 22.6 Å². The number of thiazole rings is 1. The van der Waals surface area contributed by atoms with E-state index in [1.807, 2.05) is 49.9 Å². The molecular weight excluding hydrogens is 410 g/mol. The second kappa shape index (κ2) is 8.15. The number of ether oxygens (including phenoxy) is 1. The van der Waals surface area contributed by atoms with Gasteiger partial charge in [-0.2, -0.15) is 0 Å². The predicted molar refractivity (Wildman–Crippen MR) is 126 cm³/mol. The number of para-hydroxylation sites is 2. The first-order valence-corrected chi connectivity index (χ1v) is 11.6. The molecule has 166 valence electrons. The van der Waals surface area contributed by atoms with Gasteiger partial charge in [-0.3, -0.25) is 0 Å². The SMILES string of the molecule is CC(C)c1nc(-c2nc3ccccc3[nH]2)c(N2CCN(C(=O)OC(C)(C)C)[C@H](C)C2)s1. The first-order valence-electron chi connectivity index (χ1n) is 10.8. The lowest BCUT2D eigenvalue weighted by molar-refractivity contribution is 0.0159. The van der Waals surface area contributed by atoms with Crippen LogP contribution in [0.4, 0.5) is 9.80 Å². The maximum atomic E-state index is 12.6. The Morgan fingerprint density at radius 2 is 1.97 bits per heavy atom. The van der Waals surface area contributed by atoms with Crippen LogP contribution in [-0.2, 0) is 4.74 Å². The van der Waals surface area contributed by atoms with E-state index in [0.717, 1.165) is 45.6 Å². The van der Waals surface area contributed by atoms with Gasteiger partial charge in [0.15, 0.2) is 5.82 Å². The molecule has 0 saturated carbocycles. The van der Waals surface area contributed by atoms with E-state index in [-0.39, 0.29) is 12.1 Å². The number of nitrogens with one attached hydrogen (secondary N) is 1. The van der Waals surface area contributed by atoms with Crippen LogP contribution in [-0.4, -0.2) is 57.2 Å². The van der Waals surface area contributed by atoms with E-state index >= 15 is 0 Å². The Balaban J connectivity index is 1.62. The zero-order chi connectivity index (χ0) is 22.3. The third-order valence-corrected chi connectivity index (χ3v) is 6.69. The lowest BCUT2D eigenvalue weighted by atomic mass is 10.2. The second-order valence-corrected chi connectivity index (χ2v) is 10.4. The van der Waals surface area contributed by atoms with Crippen molar-refractivity contribution in [2.24, 2.45) is 0 Å². The molecule has 1 amide bonds. The Kier molecular flexibility index (Phi) is 5.68. The summed E-state index contributed by atoms with van der Waals surface area (Å²) in [5, 5.41) is 2.20. The van der Waals surface area contributed by atoms with Gasteiger partial charge in [0.25, 0.3) is 0 Å². The maximum Gasteiger partial charge on any atom is 0.410 e. The van der Waals surface area contributed by atoms with Crippen molar-refractivity contribution >= 4 is 33.5 Å². The van der Waals surface area contributed by atoms with Gasteiger partial charge in [0, 0.05) is 31.6 Å². The summed E-state index contributed by atoms with van der Waals surface area (Å²) in [6.45, 7) is 14.2. The Labute approximate surface area is 187 Å². The molecule has 1 fully saturated rings. The molecule has 0 spiro atoms. The molecule has 0 radical (unpaired) electrons. The number of hydrogen-bond acceptors (Lipinski definition) is 6. The quantitative estimate of drug-likeness (QED) is 0.600. The summed E-state index contributed by atoms with van der Waals surface area (Å²) in [6.07, 6.45) is -0.246. The molecule has 1 aliphatic heterocycles. The highest BCUT2D eigenvalue weighted by Gasteiger charge is 2.33. The summed E-state index contributed by atoms with van der Waals surface area (Å²) in [5.41, 5.74) is 2.34. The zero-order valence-corrected chi connectivity index (χ0v) is 19.9. The standard InChI is InChI=1S/C23H31N5O2S/c1-14(2)20-26-18(19-24-16-9-7-8-10-17(16)25-19)21(31-20)27-11-12-28(15(3)13-27)22(29)30-23(4,5)6/h7-10,14-15H,11-13H2,1-6H3,(H,24,25)/t15-/m1/s1. The minimum absolute atomic E-state index is 0.0386. The Morgan fingerprint density at radius 3 is 2.61 bits per heavy atom. The predicted octanol–water partition coefficient (Wildman–Crippen LogP) is 5.26. The summed E-state index contributed by atoms with van der Waals surface area (Å²) in [5.74, 6) is 1.13. The normalized spacial score (nSPS) is 17.6. The fraction of sp³-hybridized carbons (Fsp3) is 0.522. The highest BCUT2D eigenvalue weighted by Crippen LogP contribution is 2.39. The molecule has 7 nitrogen and oxygen atoms in total. The number of piperazine rings is 1. The molecule has 1 aliphatic rings. The molecule has 3 aromatic rings. The van der Waals surface area contributed by atoms with E-state index in [1.165, 1.54) is 0 Å². The summed E-state index contributed by atoms with van der Waals surface area (Å²) < 4.78 is 5.59. The summed E-state index contributed by atoms with van der Waals surface area (Å²) in [6, 6.07) is 8.07. The second-order valence-electron chi connectivity index (χ2n) is 9.43. The van der Waals surface area contributed by atoms with Crippen LogP contribution >= 0.6 is 11.3 Å². The van der Waals surface area contributed by atoms with Crippen LogP contribution in [0.2, 0.25) is 0 Å². The Morgan fingerprint density at radius 1 is 1.23 bits per heavy atom. The first-order chi connectivity index (χ1) is 14.6. The van der Waals surface area contributed by atoms with Crippen LogP contribution in [0.5, 0.6) is 0 Å². The molecule has 1 atom stereocenters. The van der Waals surface area contributed by atoms with Gasteiger partial charge in [-0.15, -0.1) is 11.3 Å². The fourth-order valence-electron chi connectivity index (χ4n) is 3.74. The van der Waals surface area contributed by atoms with E-state index in [2.05, 4.69) is 30.7 Å². The monoisotopic (exact) mass is 441 g/mol. The van der Waals surface area contributed by atoms with Crippen LogP contribution in [0.15, 0.2) is 24.3 Å². The molecule has 31 heavy (non-hydrogen) atoms. The van der Waals surface area contributed by atoms with Crippen molar-refractivity contribution in [2.75, 3.05) is 24.5 Å². The van der Waals surface area contributed by atoms with E-state index in [1.54, 1.807) is 11.3 Å². The number of H-pyrrole nitrogens is 1. The highest BCUT2D eigenvalue weighted by atomic mass is 32.1. The van der Waals surface area contributed by atoms with Crippen LogP contribution < -0.4 is 4.90 Å².